The van der Waals surface area contributed by atoms with Crippen molar-refractivity contribution in [2.24, 2.45) is 0 Å². The standard InChI is InChI=1S/C27H30FN7O3/c1-2-30-25-10-23-22(13-31-25)27(18-12-32-34(14-18)15-20(37)16-36)33-35(23)19-6-8-21(9-7-19)38-24-5-3-4-17(11-29)26(24)28/h3-5,10,12-14,19-21,36-37H,2,6-9,15-16H2,1H3,(H,30,31)/t19-,20-,21+/m1/s1. The van der Waals surface area contributed by atoms with Gasteiger partial charge in [0, 0.05) is 36.0 Å². The first-order valence-corrected chi connectivity index (χ1v) is 12.8. The largest absolute Gasteiger partial charge is 0.487 e. The lowest BCUT2D eigenvalue weighted by Gasteiger charge is -2.29. The zero-order valence-corrected chi connectivity index (χ0v) is 21.1. The number of hydrogen-bond acceptors (Lipinski definition) is 8. The zero-order chi connectivity index (χ0) is 26.6. The molecule has 1 aliphatic carbocycles. The van der Waals surface area contributed by atoms with Gasteiger partial charge in [-0.2, -0.15) is 15.5 Å². The van der Waals surface area contributed by atoms with Crippen LogP contribution in [-0.4, -0.2) is 60.1 Å². The second-order valence-corrected chi connectivity index (χ2v) is 9.48. The molecule has 3 heterocycles. The smallest absolute Gasteiger partial charge is 0.182 e. The normalized spacial score (nSPS) is 18.3. The third-order valence-corrected chi connectivity index (χ3v) is 6.83. The molecule has 4 aromatic rings. The lowest BCUT2D eigenvalue weighted by molar-refractivity contribution is 0.0783. The molecule has 5 rings (SSSR count). The average molecular weight is 520 g/mol. The minimum absolute atomic E-state index is 0.0222. The van der Waals surface area contributed by atoms with E-state index in [9.17, 15) is 9.50 Å². The van der Waals surface area contributed by atoms with Crippen LogP contribution in [0.2, 0.25) is 0 Å². The highest BCUT2D eigenvalue weighted by molar-refractivity contribution is 5.93. The number of ether oxygens (including phenoxy) is 1. The van der Waals surface area contributed by atoms with Gasteiger partial charge in [-0.25, -0.2) is 9.37 Å². The quantitative estimate of drug-likeness (QED) is 0.305. The van der Waals surface area contributed by atoms with Crippen molar-refractivity contribution in [2.45, 2.75) is 57.4 Å². The molecule has 0 radical (unpaired) electrons. The third kappa shape index (κ3) is 5.18. The van der Waals surface area contributed by atoms with Gasteiger partial charge in [0.05, 0.1) is 48.7 Å². The van der Waals surface area contributed by atoms with E-state index >= 15 is 0 Å². The van der Waals surface area contributed by atoms with E-state index in [2.05, 4.69) is 15.4 Å². The van der Waals surface area contributed by atoms with Crippen LogP contribution in [0.4, 0.5) is 10.2 Å². The Morgan fingerprint density at radius 3 is 2.82 bits per heavy atom. The number of aromatic nitrogens is 5. The second-order valence-electron chi connectivity index (χ2n) is 9.48. The van der Waals surface area contributed by atoms with Crippen LogP contribution in [0.25, 0.3) is 22.2 Å². The van der Waals surface area contributed by atoms with Crippen molar-refractivity contribution in [1.82, 2.24) is 24.5 Å². The summed E-state index contributed by atoms with van der Waals surface area (Å²) in [5.74, 6) is 0.263. The predicted molar refractivity (Wildman–Crippen MR) is 139 cm³/mol. The Bertz CT molecular complexity index is 1450. The number of hydrogen-bond donors (Lipinski definition) is 3. The molecule has 0 spiro atoms. The molecular formula is C27H30FN7O3. The van der Waals surface area contributed by atoms with Crippen molar-refractivity contribution in [3.63, 3.8) is 0 Å². The minimum Gasteiger partial charge on any atom is -0.487 e. The van der Waals surface area contributed by atoms with E-state index in [1.165, 1.54) is 6.07 Å². The van der Waals surface area contributed by atoms with E-state index in [1.807, 2.05) is 29.9 Å². The fraction of sp³-hybridized carbons (Fsp3) is 0.407. The zero-order valence-electron chi connectivity index (χ0n) is 21.1. The first-order valence-electron chi connectivity index (χ1n) is 12.8. The molecule has 0 aliphatic heterocycles. The number of nitriles is 1. The molecule has 11 heteroatoms. The van der Waals surface area contributed by atoms with Gasteiger partial charge in [-0.05, 0) is 44.7 Å². The van der Waals surface area contributed by atoms with Crippen molar-refractivity contribution in [1.29, 1.82) is 5.26 Å². The average Bonchev–Trinajstić information content (AvgIpc) is 3.55. The first-order chi connectivity index (χ1) is 18.5. The fourth-order valence-corrected chi connectivity index (χ4v) is 4.94. The summed E-state index contributed by atoms with van der Waals surface area (Å²) in [6.07, 6.45) is 7.30. The van der Waals surface area contributed by atoms with Crippen LogP contribution >= 0.6 is 0 Å². The number of nitrogens with zero attached hydrogens (tertiary/aromatic N) is 6. The number of halogens is 1. The molecule has 10 nitrogen and oxygen atoms in total. The molecule has 1 aliphatic rings. The maximum absolute atomic E-state index is 14.5. The van der Waals surface area contributed by atoms with Gasteiger partial charge in [0.15, 0.2) is 11.6 Å². The van der Waals surface area contributed by atoms with Gasteiger partial charge in [0.25, 0.3) is 0 Å². The summed E-state index contributed by atoms with van der Waals surface area (Å²) in [4.78, 5) is 4.55. The van der Waals surface area contributed by atoms with Crippen molar-refractivity contribution in [2.75, 3.05) is 18.5 Å². The highest BCUT2D eigenvalue weighted by atomic mass is 19.1. The molecule has 1 atom stereocenters. The van der Waals surface area contributed by atoms with Gasteiger partial charge in [0.2, 0.25) is 0 Å². The van der Waals surface area contributed by atoms with Gasteiger partial charge in [-0.15, -0.1) is 0 Å². The van der Waals surface area contributed by atoms with E-state index in [4.69, 9.17) is 20.2 Å². The van der Waals surface area contributed by atoms with Crippen LogP contribution in [-0.2, 0) is 6.54 Å². The van der Waals surface area contributed by atoms with Gasteiger partial charge in [-0.3, -0.25) is 9.36 Å². The Hall–Kier alpha value is -4.01. The molecule has 0 unspecified atom stereocenters. The number of rotatable bonds is 9. The summed E-state index contributed by atoms with van der Waals surface area (Å²) in [6.45, 7) is 2.60. The molecule has 0 saturated heterocycles. The van der Waals surface area contributed by atoms with Crippen LogP contribution in [0.3, 0.4) is 0 Å². The summed E-state index contributed by atoms with van der Waals surface area (Å²) in [6, 6.07) is 8.60. The Balaban J connectivity index is 1.39. The Morgan fingerprint density at radius 2 is 2.08 bits per heavy atom. The molecular weight excluding hydrogens is 489 g/mol. The molecule has 198 valence electrons. The number of aliphatic hydroxyl groups excluding tert-OH is 2. The molecule has 3 N–H and O–H groups in total. The molecule has 0 bridgehead atoms. The van der Waals surface area contributed by atoms with E-state index in [0.717, 1.165) is 60.2 Å². The highest BCUT2D eigenvalue weighted by Crippen LogP contribution is 2.37. The van der Waals surface area contributed by atoms with Crippen molar-refractivity contribution in [3.8, 4) is 23.1 Å². The van der Waals surface area contributed by atoms with Crippen LogP contribution in [0.5, 0.6) is 5.75 Å². The number of pyridine rings is 1. The number of benzene rings is 1. The van der Waals surface area contributed by atoms with Gasteiger partial charge < -0.3 is 20.3 Å². The lowest BCUT2D eigenvalue weighted by Crippen LogP contribution is -2.26. The maximum Gasteiger partial charge on any atom is 0.182 e. The summed E-state index contributed by atoms with van der Waals surface area (Å²) >= 11 is 0. The van der Waals surface area contributed by atoms with E-state index in [-0.39, 0.29) is 36.6 Å². The molecule has 38 heavy (non-hydrogen) atoms. The van der Waals surface area contributed by atoms with Crippen molar-refractivity contribution < 1.29 is 19.3 Å². The van der Waals surface area contributed by atoms with Crippen molar-refractivity contribution in [3.05, 3.63) is 54.2 Å². The molecule has 3 aromatic heterocycles. The topological polar surface area (TPSA) is 134 Å². The summed E-state index contributed by atoms with van der Waals surface area (Å²) in [5, 5.41) is 41.5. The monoisotopic (exact) mass is 519 g/mol. The summed E-state index contributed by atoms with van der Waals surface area (Å²) < 4.78 is 24.1. The van der Waals surface area contributed by atoms with Crippen LogP contribution in [0, 0.1) is 17.1 Å². The third-order valence-electron chi connectivity index (χ3n) is 6.83. The van der Waals surface area contributed by atoms with Gasteiger partial charge in [-0.1, -0.05) is 6.07 Å². The lowest BCUT2D eigenvalue weighted by atomic mass is 9.93. The molecule has 1 fully saturated rings. The van der Waals surface area contributed by atoms with Crippen molar-refractivity contribution >= 4 is 16.7 Å². The van der Waals surface area contributed by atoms with Crippen LogP contribution < -0.4 is 10.1 Å². The molecule has 1 aromatic carbocycles. The van der Waals surface area contributed by atoms with E-state index in [0.29, 0.717) is 0 Å². The van der Waals surface area contributed by atoms with Crippen LogP contribution in [0.1, 0.15) is 44.2 Å². The summed E-state index contributed by atoms with van der Waals surface area (Å²) in [7, 11) is 0. The minimum atomic E-state index is -0.894. The number of nitrogens with one attached hydrogen (secondary N) is 1. The number of fused-ring (bicyclic) bond motifs is 1. The first kappa shape index (κ1) is 25.6. The van der Waals surface area contributed by atoms with Gasteiger partial charge >= 0.3 is 0 Å². The number of anilines is 1. The van der Waals surface area contributed by atoms with E-state index < -0.39 is 11.9 Å². The Morgan fingerprint density at radius 1 is 1.26 bits per heavy atom. The number of aliphatic hydroxyl groups is 2. The SMILES string of the molecule is CCNc1cc2c(cn1)c(-c1cnn(C[C@@H](O)CO)c1)nn2[C@H]1CC[C@@H](Oc2cccc(C#N)c2F)CC1. The van der Waals surface area contributed by atoms with Gasteiger partial charge in [0.1, 0.15) is 17.6 Å². The Kier molecular flexibility index (Phi) is 7.53. The Labute approximate surface area is 219 Å². The summed E-state index contributed by atoms with van der Waals surface area (Å²) in [5.41, 5.74) is 2.47. The van der Waals surface area contributed by atoms with E-state index in [1.54, 1.807) is 29.2 Å². The second kappa shape index (κ2) is 11.2. The highest BCUT2D eigenvalue weighted by Gasteiger charge is 2.28. The molecule has 1 saturated carbocycles. The molecule has 0 amide bonds. The fourth-order valence-electron chi connectivity index (χ4n) is 4.94. The maximum atomic E-state index is 14.5. The van der Waals surface area contributed by atoms with Crippen LogP contribution in [0.15, 0.2) is 42.9 Å². The predicted octanol–water partition coefficient (Wildman–Crippen LogP) is 3.65.